The van der Waals surface area contributed by atoms with Crippen molar-refractivity contribution in [3.05, 3.63) is 17.7 Å². The van der Waals surface area contributed by atoms with Crippen LogP contribution in [-0.4, -0.2) is 17.0 Å². The first-order valence-electron chi connectivity index (χ1n) is 3.99. The Morgan fingerprint density at radius 1 is 1.73 bits per heavy atom. The Balaban J connectivity index is 2.71. The highest BCUT2D eigenvalue weighted by Gasteiger charge is 2.04. The minimum Gasteiger partial charge on any atom is -0.345 e. The number of rotatable bonds is 3. The monoisotopic (exact) mass is 153 g/mol. The molecule has 1 unspecified atom stereocenters. The van der Waals surface area contributed by atoms with Gasteiger partial charge in [0.2, 0.25) is 0 Å². The molecule has 2 N–H and O–H groups in total. The Morgan fingerprint density at radius 3 is 2.91 bits per heavy atom. The molecule has 0 spiro atoms. The van der Waals surface area contributed by atoms with Crippen molar-refractivity contribution >= 4 is 0 Å². The first-order chi connectivity index (χ1) is 5.27. The predicted molar refractivity (Wildman–Crippen MR) is 45.4 cm³/mol. The fourth-order valence-corrected chi connectivity index (χ4v) is 0.934. The number of nitrogens with zero attached hydrogens (tertiary/aromatic N) is 1. The molecule has 0 aliphatic heterocycles. The molecule has 0 saturated carbocycles. The van der Waals surface area contributed by atoms with Crippen LogP contribution in [0.5, 0.6) is 0 Å². The Hall–Kier alpha value is -0.830. The average molecular weight is 153 g/mol. The van der Waals surface area contributed by atoms with Crippen LogP contribution in [0.25, 0.3) is 0 Å². The summed E-state index contributed by atoms with van der Waals surface area (Å²) in [6.07, 6.45) is 2.86. The van der Waals surface area contributed by atoms with Gasteiger partial charge in [-0.15, -0.1) is 0 Å². The second kappa shape index (κ2) is 3.53. The molecule has 0 aromatic carbocycles. The molecule has 1 heterocycles. The zero-order chi connectivity index (χ0) is 8.27. The highest BCUT2D eigenvalue weighted by molar-refractivity contribution is 5.05. The van der Waals surface area contributed by atoms with E-state index >= 15 is 0 Å². The lowest BCUT2D eigenvalue weighted by atomic mass is 10.3. The highest BCUT2D eigenvalue weighted by Crippen LogP contribution is 2.07. The lowest BCUT2D eigenvalue weighted by molar-refractivity contribution is 0.634. The van der Waals surface area contributed by atoms with Gasteiger partial charge in [-0.05, 0) is 14.0 Å². The van der Waals surface area contributed by atoms with Gasteiger partial charge in [0.15, 0.2) is 0 Å². The third kappa shape index (κ3) is 1.80. The normalized spacial score (nSPS) is 13.4. The van der Waals surface area contributed by atoms with Crippen molar-refractivity contribution in [3.63, 3.8) is 0 Å². The number of aryl methyl sites for hydroxylation is 1. The van der Waals surface area contributed by atoms with Crippen molar-refractivity contribution in [2.45, 2.75) is 26.3 Å². The van der Waals surface area contributed by atoms with E-state index in [2.05, 4.69) is 29.1 Å². The van der Waals surface area contributed by atoms with Gasteiger partial charge in [0, 0.05) is 18.7 Å². The summed E-state index contributed by atoms with van der Waals surface area (Å²) in [5, 5.41) is 3.15. The summed E-state index contributed by atoms with van der Waals surface area (Å²) in [4.78, 5) is 7.45. The molecule has 0 aliphatic carbocycles. The minimum absolute atomic E-state index is 0.364. The van der Waals surface area contributed by atoms with Crippen molar-refractivity contribution in [1.82, 2.24) is 15.3 Å². The quantitative estimate of drug-likeness (QED) is 0.686. The van der Waals surface area contributed by atoms with Crippen LogP contribution in [0.3, 0.4) is 0 Å². The predicted octanol–water partition coefficient (Wildman–Crippen LogP) is 1.25. The summed E-state index contributed by atoms with van der Waals surface area (Å²) in [5.41, 5.74) is 1.16. The van der Waals surface area contributed by atoms with Crippen LogP contribution in [0.15, 0.2) is 6.20 Å². The number of hydrogen-bond acceptors (Lipinski definition) is 2. The van der Waals surface area contributed by atoms with Crippen LogP contribution < -0.4 is 5.32 Å². The maximum atomic E-state index is 4.21. The van der Waals surface area contributed by atoms with E-state index in [0.717, 1.165) is 17.9 Å². The van der Waals surface area contributed by atoms with Crippen molar-refractivity contribution in [1.29, 1.82) is 0 Å². The van der Waals surface area contributed by atoms with Crippen LogP contribution in [-0.2, 0) is 6.42 Å². The van der Waals surface area contributed by atoms with Gasteiger partial charge in [-0.25, -0.2) is 4.98 Å². The maximum absolute atomic E-state index is 4.21. The van der Waals surface area contributed by atoms with Gasteiger partial charge in [-0.3, -0.25) is 0 Å². The van der Waals surface area contributed by atoms with Gasteiger partial charge < -0.3 is 10.3 Å². The Bertz CT molecular complexity index is 217. The number of imidazole rings is 1. The molecule has 0 bridgehead atoms. The van der Waals surface area contributed by atoms with Crippen molar-refractivity contribution in [3.8, 4) is 0 Å². The Kier molecular flexibility index (Phi) is 2.65. The standard InChI is InChI=1S/C8H15N3/c1-4-8-10-5-7(11-8)6(2)9-3/h5-6,9H,4H2,1-3H3,(H,10,11). The van der Waals surface area contributed by atoms with Crippen LogP contribution in [0.2, 0.25) is 0 Å². The second-order valence-corrected chi connectivity index (χ2v) is 2.65. The topological polar surface area (TPSA) is 40.7 Å². The van der Waals surface area contributed by atoms with E-state index in [-0.39, 0.29) is 0 Å². The summed E-state index contributed by atoms with van der Waals surface area (Å²) in [6.45, 7) is 4.19. The molecule has 62 valence electrons. The lowest BCUT2D eigenvalue weighted by Gasteiger charge is -2.05. The Labute approximate surface area is 67.2 Å². The molecule has 1 rings (SSSR count). The zero-order valence-corrected chi connectivity index (χ0v) is 7.31. The number of aromatic amines is 1. The molecule has 0 fully saturated rings. The van der Waals surface area contributed by atoms with Crippen LogP contribution in [0, 0.1) is 0 Å². The summed E-state index contributed by atoms with van der Waals surface area (Å²) >= 11 is 0. The molecule has 3 heteroatoms. The summed E-state index contributed by atoms with van der Waals surface area (Å²) in [7, 11) is 1.94. The molecule has 1 aromatic heterocycles. The van der Waals surface area contributed by atoms with E-state index in [1.54, 1.807) is 0 Å². The molecule has 0 aliphatic rings. The summed E-state index contributed by atoms with van der Waals surface area (Å²) < 4.78 is 0. The molecule has 3 nitrogen and oxygen atoms in total. The molecular weight excluding hydrogens is 138 g/mol. The molecule has 1 atom stereocenters. The summed E-state index contributed by atoms with van der Waals surface area (Å²) in [6, 6.07) is 0.364. The largest absolute Gasteiger partial charge is 0.345 e. The summed E-state index contributed by atoms with van der Waals surface area (Å²) in [5.74, 6) is 1.06. The first kappa shape index (κ1) is 8.27. The van der Waals surface area contributed by atoms with Gasteiger partial charge in [0.1, 0.15) is 5.82 Å². The van der Waals surface area contributed by atoms with Gasteiger partial charge in [-0.2, -0.15) is 0 Å². The van der Waals surface area contributed by atoms with Crippen LogP contribution >= 0.6 is 0 Å². The molecule has 0 radical (unpaired) electrons. The molecule has 11 heavy (non-hydrogen) atoms. The number of nitrogens with one attached hydrogen (secondary N) is 2. The minimum atomic E-state index is 0.364. The molecule has 0 saturated heterocycles. The maximum Gasteiger partial charge on any atom is 0.105 e. The third-order valence-corrected chi connectivity index (χ3v) is 1.88. The van der Waals surface area contributed by atoms with E-state index in [1.807, 2.05) is 13.2 Å². The molecule has 0 amide bonds. The number of hydrogen-bond donors (Lipinski definition) is 2. The third-order valence-electron chi connectivity index (χ3n) is 1.88. The number of H-pyrrole nitrogens is 1. The van der Waals surface area contributed by atoms with Crippen LogP contribution in [0.4, 0.5) is 0 Å². The van der Waals surface area contributed by atoms with Gasteiger partial charge >= 0.3 is 0 Å². The van der Waals surface area contributed by atoms with Crippen LogP contribution in [0.1, 0.15) is 31.4 Å². The van der Waals surface area contributed by atoms with Gasteiger partial charge in [-0.1, -0.05) is 6.92 Å². The fourth-order valence-electron chi connectivity index (χ4n) is 0.934. The zero-order valence-electron chi connectivity index (χ0n) is 7.31. The number of aromatic nitrogens is 2. The smallest absolute Gasteiger partial charge is 0.105 e. The first-order valence-corrected chi connectivity index (χ1v) is 3.99. The Morgan fingerprint density at radius 2 is 2.45 bits per heavy atom. The lowest BCUT2D eigenvalue weighted by Crippen LogP contribution is -2.12. The average Bonchev–Trinajstić information content (AvgIpc) is 2.50. The highest BCUT2D eigenvalue weighted by atomic mass is 15.0. The van der Waals surface area contributed by atoms with E-state index in [4.69, 9.17) is 0 Å². The van der Waals surface area contributed by atoms with Gasteiger partial charge in [0.25, 0.3) is 0 Å². The van der Waals surface area contributed by atoms with Crippen molar-refractivity contribution in [2.75, 3.05) is 7.05 Å². The van der Waals surface area contributed by atoms with E-state index in [1.165, 1.54) is 0 Å². The van der Waals surface area contributed by atoms with E-state index in [9.17, 15) is 0 Å². The molecular formula is C8H15N3. The van der Waals surface area contributed by atoms with E-state index < -0.39 is 0 Å². The van der Waals surface area contributed by atoms with Crippen molar-refractivity contribution < 1.29 is 0 Å². The SMILES string of the molecule is CCc1ncc(C(C)NC)[nH]1. The second-order valence-electron chi connectivity index (χ2n) is 2.65. The van der Waals surface area contributed by atoms with E-state index in [0.29, 0.717) is 6.04 Å². The van der Waals surface area contributed by atoms with Gasteiger partial charge in [0.05, 0.1) is 5.69 Å². The van der Waals surface area contributed by atoms with Crippen molar-refractivity contribution in [2.24, 2.45) is 0 Å². The molecule has 1 aromatic rings. The fraction of sp³-hybridized carbons (Fsp3) is 0.625.